The predicted octanol–water partition coefficient (Wildman–Crippen LogP) is 3.10. The Kier molecular flexibility index (Phi) is 1.83. The number of rotatable bonds is 0. The van der Waals surface area contributed by atoms with E-state index in [1.54, 1.807) is 0 Å². The van der Waals surface area contributed by atoms with Gasteiger partial charge in [-0.15, -0.1) is 0 Å². The monoisotopic (exact) mass is 278 g/mol. The number of fused-ring (bicyclic) bond motifs is 7. The van der Waals surface area contributed by atoms with E-state index < -0.39 is 0 Å². The number of hydrogen-bond donors (Lipinski definition) is 0. The lowest BCUT2D eigenvalue weighted by molar-refractivity contribution is -0.631. The summed E-state index contributed by atoms with van der Waals surface area (Å²) in [5.41, 5.74) is 5.15. The van der Waals surface area contributed by atoms with E-state index in [9.17, 15) is 0 Å². The fourth-order valence-electron chi connectivity index (χ4n) is 3.28. The van der Waals surface area contributed by atoms with Crippen molar-refractivity contribution in [1.82, 2.24) is 9.55 Å². The molecule has 0 unspecified atom stereocenters. The lowest BCUT2D eigenvalue weighted by atomic mass is 10.1. The molecule has 3 aromatic heterocycles. The molecule has 0 fully saturated rings. The van der Waals surface area contributed by atoms with E-state index in [0.29, 0.717) is 0 Å². The quantitative estimate of drug-likeness (QED) is 0.399. The van der Waals surface area contributed by atoms with Crippen LogP contribution in [0.5, 0.6) is 0 Å². The zero-order chi connectivity index (χ0) is 13.3. The third kappa shape index (κ3) is 1.11. The Morgan fingerprint density at radius 1 is 1.20 bits per heavy atom. The van der Waals surface area contributed by atoms with E-state index in [-0.39, 0.29) is 0 Å². The molecule has 4 heterocycles. The van der Waals surface area contributed by atoms with Crippen molar-refractivity contribution in [2.24, 2.45) is 7.05 Å². The SMILES string of the molecule is C[n+]1c2n(c3c4ncccc4sc31)Cc1ccccc1-2. The molecule has 0 spiro atoms. The first-order chi connectivity index (χ1) is 9.84. The molecule has 0 atom stereocenters. The number of benzene rings is 1. The molecule has 0 radical (unpaired) electrons. The van der Waals surface area contributed by atoms with Crippen molar-refractivity contribution >= 4 is 31.9 Å². The summed E-state index contributed by atoms with van der Waals surface area (Å²) in [6.07, 6.45) is 1.89. The van der Waals surface area contributed by atoms with Crippen LogP contribution in [0, 0.1) is 0 Å². The molecule has 0 saturated carbocycles. The van der Waals surface area contributed by atoms with E-state index in [1.165, 1.54) is 32.0 Å². The molecule has 0 amide bonds. The zero-order valence-corrected chi connectivity index (χ0v) is 11.8. The van der Waals surface area contributed by atoms with E-state index >= 15 is 0 Å². The Bertz CT molecular complexity index is 994. The molecule has 5 rings (SSSR count). The van der Waals surface area contributed by atoms with Crippen LogP contribution < -0.4 is 4.57 Å². The number of aryl methyl sites for hydroxylation is 1. The van der Waals surface area contributed by atoms with Gasteiger partial charge in [0.2, 0.25) is 10.3 Å². The van der Waals surface area contributed by atoms with Crippen molar-refractivity contribution in [3.05, 3.63) is 48.2 Å². The number of pyridine rings is 1. The molecule has 3 nitrogen and oxygen atoms in total. The molecule has 1 aliphatic heterocycles. The van der Waals surface area contributed by atoms with E-state index in [1.807, 2.05) is 23.6 Å². The molecule has 20 heavy (non-hydrogen) atoms. The van der Waals surface area contributed by atoms with Crippen LogP contribution in [-0.4, -0.2) is 9.55 Å². The van der Waals surface area contributed by atoms with Crippen molar-refractivity contribution in [2.75, 3.05) is 0 Å². The molecule has 1 aromatic carbocycles. The third-order valence-corrected chi connectivity index (χ3v) is 5.35. The van der Waals surface area contributed by atoms with Gasteiger partial charge in [-0.3, -0.25) is 4.98 Å². The molecule has 0 N–H and O–H groups in total. The van der Waals surface area contributed by atoms with Gasteiger partial charge in [-0.25, -0.2) is 9.13 Å². The fraction of sp³-hybridized carbons (Fsp3) is 0.125. The van der Waals surface area contributed by atoms with Crippen molar-refractivity contribution in [3.63, 3.8) is 0 Å². The summed E-state index contributed by atoms with van der Waals surface area (Å²) < 4.78 is 5.98. The van der Waals surface area contributed by atoms with E-state index in [4.69, 9.17) is 0 Å². The second-order valence-electron chi connectivity index (χ2n) is 5.23. The molecule has 0 saturated heterocycles. The highest BCUT2D eigenvalue weighted by Gasteiger charge is 2.34. The highest BCUT2D eigenvalue weighted by Crippen LogP contribution is 2.38. The fourth-order valence-corrected chi connectivity index (χ4v) is 4.41. The summed E-state index contributed by atoms with van der Waals surface area (Å²) in [6, 6.07) is 12.8. The van der Waals surface area contributed by atoms with Gasteiger partial charge in [-0.05, 0) is 18.2 Å². The minimum Gasteiger partial charge on any atom is -0.251 e. The summed E-state index contributed by atoms with van der Waals surface area (Å²) in [5.74, 6) is 1.30. The summed E-state index contributed by atoms with van der Waals surface area (Å²) in [4.78, 5) is 5.91. The highest BCUT2D eigenvalue weighted by molar-refractivity contribution is 7.25. The number of imidazole rings is 1. The molecule has 4 aromatic rings. The number of hydrogen-bond acceptors (Lipinski definition) is 2. The lowest BCUT2D eigenvalue weighted by Gasteiger charge is -1.93. The van der Waals surface area contributed by atoms with Crippen LogP contribution in [0.1, 0.15) is 5.56 Å². The molecule has 0 bridgehead atoms. The van der Waals surface area contributed by atoms with Gasteiger partial charge in [-0.2, -0.15) is 0 Å². The first kappa shape index (κ1) is 10.6. The topological polar surface area (TPSA) is 21.7 Å². The van der Waals surface area contributed by atoms with Gasteiger partial charge >= 0.3 is 0 Å². The van der Waals surface area contributed by atoms with Crippen molar-refractivity contribution in [1.29, 1.82) is 0 Å². The highest BCUT2D eigenvalue weighted by atomic mass is 32.1. The molecule has 96 valence electrons. The van der Waals surface area contributed by atoms with Crippen LogP contribution >= 0.6 is 11.3 Å². The lowest BCUT2D eigenvalue weighted by Crippen LogP contribution is -2.28. The Hall–Kier alpha value is -2.20. The van der Waals surface area contributed by atoms with Crippen LogP contribution in [0.3, 0.4) is 0 Å². The van der Waals surface area contributed by atoms with Gasteiger partial charge in [0.1, 0.15) is 12.1 Å². The zero-order valence-electron chi connectivity index (χ0n) is 11.0. The van der Waals surface area contributed by atoms with Crippen LogP contribution in [0.15, 0.2) is 42.6 Å². The second kappa shape index (κ2) is 3.46. The van der Waals surface area contributed by atoms with Gasteiger partial charge < -0.3 is 0 Å². The Labute approximate surface area is 119 Å². The van der Waals surface area contributed by atoms with Gasteiger partial charge in [-0.1, -0.05) is 29.5 Å². The maximum Gasteiger partial charge on any atom is 0.291 e. The number of thiophene rings is 1. The largest absolute Gasteiger partial charge is 0.291 e. The standard InChI is InChI=1S/C16H12N3S/c1-18-15-11-6-3-2-5-10(11)9-19(15)14-13-12(20-16(14)18)7-4-8-17-13/h2-8H,9H2,1H3/q+1. The first-order valence-corrected chi connectivity index (χ1v) is 7.50. The summed E-state index contributed by atoms with van der Waals surface area (Å²) >= 11 is 1.83. The molecule has 0 aliphatic carbocycles. The summed E-state index contributed by atoms with van der Waals surface area (Å²) in [5, 5.41) is 0. The summed E-state index contributed by atoms with van der Waals surface area (Å²) in [7, 11) is 2.16. The average Bonchev–Trinajstić information content (AvgIpc) is 3.10. The van der Waals surface area contributed by atoms with Crippen molar-refractivity contribution in [3.8, 4) is 11.4 Å². The number of nitrogens with zero attached hydrogens (tertiary/aromatic N) is 3. The Morgan fingerprint density at radius 2 is 2.10 bits per heavy atom. The maximum atomic E-state index is 4.60. The average molecular weight is 278 g/mol. The van der Waals surface area contributed by atoms with Gasteiger partial charge in [0, 0.05) is 11.8 Å². The van der Waals surface area contributed by atoms with Crippen LogP contribution in [0.2, 0.25) is 0 Å². The first-order valence-electron chi connectivity index (χ1n) is 6.68. The van der Waals surface area contributed by atoms with Crippen molar-refractivity contribution in [2.45, 2.75) is 6.54 Å². The van der Waals surface area contributed by atoms with E-state index in [2.05, 4.69) is 51.5 Å². The van der Waals surface area contributed by atoms with Crippen LogP contribution in [0.4, 0.5) is 0 Å². The van der Waals surface area contributed by atoms with Crippen LogP contribution in [0.25, 0.3) is 32.0 Å². The maximum absolute atomic E-state index is 4.60. The smallest absolute Gasteiger partial charge is 0.251 e. The van der Waals surface area contributed by atoms with Crippen LogP contribution in [-0.2, 0) is 13.6 Å². The van der Waals surface area contributed by atoms with Crippen molar-refractivity contribution < 1.29 is 4.57 Å². The molecular weight excluding hydrogens is 266 g/mol. The minimum absolute atomic E-state index is 0.950. The molecule has 1 aliphatic rings. The molecular formula is C16H12N3S+. The van der Waals surface area contributed by atoms with Gasteiger partial charge in [0.05, 0.1) is 17.3 Å². The summed E-state index contributed by atoms with van der Waals surface area (Å²) in [6.45, 7) is 0.950. The number of aromatic nitrogens is 3. The Morgan fingerprint density at radius 3 is 3.05 bits per heavy atom. The normalized spacial score (nSPS) is 13.1. The third-order valence-electron chi connectivity index (χ3n) is 4.14. The predicted molar refractivity (Wildman–Crippen MR) is 80.8 cm³/mol. The minimum atomic E-state index is 0.950. The van der Waals surface area contributed by atoms with Gasteiger partial charge in [0.25, 0.3) is 5.82 Å². The second-order valence-corrected chi connectivity index (χ2v) is 6.26. The molecule has 4 heteroatoms. The van der Waals surface area contributed by atoms with E-state index in [0.717, 1.165) is 12.1 Å². The Balaban J connectivity index is 1.99. The van der Waals surface area contributed by atoms with Gasteiger partial charge in [0.15, 0.2) is 0 Å².